The fourth-order valence-corrected chi connectivity index (χ4v) is 3.20. The summed E-state index contributed by atoms with van der Waals surface area (Å²) in [6, 6.07) is 12.9. The van der Waals surface area contributed by atoms with E-state index < -0.39 is 5.91 Å². The van der Waals surface area contributed by atoms with Gasteiger partial charge in [0.25, 0.3) is 5.91 Å². The van der Waals surface area contributed by atoms with Crippen LogP contribution in [0.4, 0.5) is 10.1 Å². The van der Waals surface area contributed by atoms with Crippen LogP contribution in [0.3, 0.4) is 0 Å². The highest BCUT2D eigenvalue weighted by molar-refractivity contribution is 7.98. The molecule has 3 rings (SSSR count). The minimum Gasteiger partial charge on any atom is -0.321 e. The minimum absolute atomic E-state index is 0.0725. The molecule has 4 nitrogen and oxygen atoms in total. The molecule has 0 radical (unpaired) electrons. The van der Waals surface area contributed by atoms with Crippen LogP contribution in [-0.4, -0.2) is 15.9 Å². The molecule has 0 bridgehead atoms. The Hall–Kier alpha value is -2.15. The second-order valence-corrected chi connectivity index (χ2v) is 7.01. The Bertz CT molecular complexity index is 938. The highest BCUT2D eigenvalue weighted by Crippen LogP contribution is 2.23. The largest absolute Gasteiger partial charge is 0.321 e. The van der Waals surface area contributed by atoms with Gasteiger partial charge in [0.05, 0.1) is 11.2 Å². The van der Waals surface area contributed by atoms with Crippen molar-refractivity contribution in [1.82, 2.24) is 9.97 Å². The van der Waals surface area contributed by atoms with Crippen molar-refractivity contribution in [3.8, 4) is 0 Å². The van der Waals surface area contributed by atoms with Gasteiger partial charge in [0.1, 0.15) is 5.82 Å². The van der Waals surface area contributed by atoms with Gasteiger partial charge in [0.15, 0.2) is 10.9 Å². The molecular weight excluding hydrogens is 396 g/mol. The van der Waals surface area contributed by atoms with E-state index in [0.717, 1.165) is 5.56 Å². The van der Waals surface area contributed by atoms with E-state index in [1.807, 2.05) is 0 Å². The minimum atomic E-state index is -0.455. The van der Waals surface area contributed by atoms with Crippen molar-refractivity contribution in [2.75, 3.05) is 5.32 Å². The van der Waals surface area contributed by atoms with Gasteiger partial charge in [0, 0.05) is 16.5 Å². The third kappa shape index (κ3) is 4.94. The van der Waals surface area contributed by atoms with Gasteiger partial charge in [0.2, 0.25) is 0 Å². The zero-order valence-corrected chi connectivity index (χ0v) is 15.6. The number of nitrogens with zero attached hydrogens (tertiary/aromatic N) is 2. The third-order valence-electron chi connectivity index (χ3n) is 3.30. The zero-order valence-electron chi connectivity index (χ0n) is 13.2. The summed E-state index contributed by atoms with van der Waals surface area (Å²) in [6.07, 6.45) is 1.38. The van der Waals surface area contributed by atoms with Gasteiger partial charge in [-0.3, -0.25) is 4.79 Å². The third-order valence-corrected chi connectivity index (χ3v) is 4.75. The lowest BCUT2D eigenvalue weighted by atomic mass is 10.2. The fraction of sp³-hybridized carbons (Fsp3) is 0.0556. The van der Waals surface area contributed by atoms with Gasteiger partial charge < -0.3 is 5.32 Å². The normalized spacial score (nSPS) is 10.6. The summed E-state index contributed by atoms with van der Waals surface area (Å²) in [4.78, 5) is 20.8. The SMILES string of the molecule is O=C(Nc1cccc(Cl)c1)c1nc(SCc2ccc(F)cc2)ncc1Cl. The van der Waals surface area contributed by atoms with E-state index in [0.29, 0.717) is 21.6 Å². The Morgan fingerprint density at radius 3 is 2.65 bits per heavy atom. The first-order valence-electron chi connectivity index (χ1n) is 7.48. The van der Waals surface area contributed by atoms with Crippen molar-refractivity contribution >= 4 is 46.6 Å². The van der Waals surface area contributed by atoms with E-state index in [9.17, 15) is 9.18 Å². The quantitative estimate of drug-likeness (QED) is 0.450. The highest BCUT2D eigenvalue weighted by atomic mass is 35.5. The topological polar surface area (TPSA) is 54.9 Å². The number of carbonyl (C=O) groups is 1. The molecule has 3 aromatic rings. The maximum Gasteiger partial charge on any atom is 0.275 e. The first-order chi connectivity index (χ1) is 12.5. The van der Waals surface area contributed by atoms with Crippen molar-refractivity contribution in [3.63, 3.8) is 0 Å². The van der Waals surface area contributed by atoms with E-state index in [-0.39, 0.29) is 16.5 Å². The van der Waals surface area contributed by atoms with Crippen LogP contribution >= 0.6 is 35.0 Å². The number of hydrogen-bond acceptors (Lipinski definition) is 4. The molecule has 1 amide bonds. The molecule has 0 saturated carbocycles. The molecule has 0 aliphatic rings. The lowest BCUT2D eigenvalue weighted by Crippen LogP contribution is -2.15. The number of benzene rings is 2. The van der Waals surface area contributed by atoms with Crippen LogP contribution in [0.25, 0.3) is 0 Å². The van der Waals surface area contributed by atoms with Gasteiger partial charge >= 0.3 is 0 Å². The Labute approximate surface area is 163 Å². The maximum atomic E-state index is 12.9. The molecule has 1 aromatic heterocycles. The lowest BCUT2D eigenvalue weighted by Gasteiger charge is -2.08. The number of nitrogens with one attached hydrogen (secondary N) is 1. The molecule has 0 spiro atoms. The number of thioether (sulfide) groups is 1. The molecule has 0 unspecified atom stereocenters. The summed E-state index contributed by atoms with van der Waals surface area (Å²) in [5, 5.41) is 3.75. The first-order valence-corrected chi connectivity index (χ1v) is 9.22. The van der Waals surface area contributed by atoms with Crippen LogP contribution in [0.2, 0.25) is 10.0 Å². The predicted octanol–water partition coefficient (Wildman–Crippen LogP) is 5.47. The number of carbonyl (C=O) groups excluding carboxylic acids is 1. The number of hydrogen-bond donors (Lipinski definition) is 1. The number of rotatable bonds is 5. The standard InChI is InChI=1S/C18H12Cl2FN3OS/c19-12-2-1-3-14(8-12)23-17(25)16-15(20)9-22-18(24-16)26-10-11-4-6-13(21)7-5-11/h1-9H,10H2,(H,23,25). The molecule has 0 atom stereocenters. The fourth-order valence-electron chi connectivity index (χ4n) is 2.06. The van der Waals surface area contributed by atoms with Crippen LogP contribution in [0.15, 0.2) is 59.9 Å². The number of anilines is 1. The Balaban J connectivity index is 1.72. The van der Waals surface area contributed by atoms with E-state index in [2.05, 4.69) is 15.3 Å². The molecule has 0 aliphatic carbocycles. The van der Waals surface area contributed by atoms with Gasteiger partial charge in [-0.2, -0.15) is 0 Å². The molecule has 8 heteroatoms. The van der Waals surface area contributed by atoms with Crippen LogP contribution < -0.4 is 5.32 Å². The number of amides is 1. The molecule has 0 fully saturated rings. The molecule has 1 N–H and O–H groups in total. The molecular formula is C18H12Cl2FN3OS. The monoisotopic (exact) mass is 407 g/mol. The van der Waals surface area contributed by atoms with E-state index in [1.165, 1.54) is 30.1 Å². The van der Waals surface area contributed by atoms with E-state index >= 15 is 0 Å². The predicted molar refractivity (Wildman–Crippen MR) is 102 cm³/mol. The summed E-state index contributed by atoms with van der Waals surface area (Å²) in [5.74, 6) is -0.207. The van der Waals surface area contributed by atoms with Crippen LogP contribution in [0, 0.1) is 5.82 Å². The second-order valence-electron chi connectivity index (χ2n) is 5.23. The molecule has 132 valence electrons. The van der Waals surface area contributed by atoms with Gasteiger partial charge in [-0.05, 0) is 35.9 Å². The average molecular weight is 408 g/mol. The Morgan fingerprint density at radius 1 is 1.15 bits per heavy atom. The van der Waals surface area contributed by atoms with Gasteiger partial charge in [-0.25, -0.2) is 14.4 Å². The van der Waals surface area contributed by atoms with Crippen LogP contribution in [0.1, 0.15) is 16.1 Å². The summed E-state index contributed by atoms with van der Waals surface area (Å²) in [6.45, 7) is 0. The zero-order chi connectivity index (χ0) is 18.5. The van der Waals surface area contributed by atoms with Crippen molar-refractivity contribution in [2.24, 2.45) is 0 Å². The molecule has 0 saturated heterocycles. The van der Waals surface area contributed by atoms with Crippen molar-refractivity contribution in [2.45, 2.75) is 10.9 Å². The van der Waals surface area contributed by atoms with Crippen LogP contribution in [-0.2, 0) is 5.75 Å². The van der Waals surface area contributed by atoms with Crippen molar-refractivity contribution in [1.29, 1.82) is 0 Å². The second kappa shape index (κ2) is 8.49. The molecule has 2 aromatic carbocycles. The average Bonchev–Trinajstić information content (AvgIpc) is 2.62. The first kappa shape index (κ1) is 18.6. The van der Waals surface area contributed by atoms with Gasteiger partial charge in [-0.1, -0.05) is 53.2 Å². The number of halogens is 3. The smallest absolute Gasteiger partial charge is 0.275 e. The van der Waals surface area contributed by atoms with E-state index in [1.54, 1.807) is 36.4 Å². The van der Waals surface area contributed by atoms with Crippen LogP contribution in [0.5, 0.6) is 0 Å². The summed E-state index contributed by atoms with van der Waals surface area (Å²) in [5.41, 5.74) is 1.53. The van der Waals surface area contributed by atoms with Crippen molar-refractivity contribution in [3.05, 3.63) is 81.8 Å². The van der Waals surface area contributed by atoms with Gasteiger partial charge in [-0.15, -0.1) is 0 Å². The Kier molecular flexibility index (Phi) is 6.08. The number of aromatic nitrogens is 2. The van der Waals surface area contributed by atoms with Crippen molar-refractivity contribution < 1.29 is 9.18 Å². The van der Waals surface area contributed by atoms with E-state index in [4.69, 9.17) is 23.2 Å². The maximum absolute atomic E-state index is 12.9. The molecule has 0 aliphatic heterocycles. The summed E-state index contributed by atoms with van der Waals surface area (Å²) in [7, 11) is 0. The Morgan fingerprint density at radius 2 is 1.92 bits per heavy atom. The highest BCUT2D eigenvalue weighted by Gasteiger charge is 2.15. The molecule has 1 heterocycles. The lowest BCUT2D eigenvalue weighted by molar-refractivity contribution is 0.102. The summed E-state index contributed by atoms with van der Waals surface area (Å²) < 4.78 is 12.9. The summed E-state index contributed by atoms with van der Waals surface area (Å²) >= 11 is 13.3. The molecule has 26 heavy (non-hydrogen) atoms.